The largest absolute Gasteiger partial charge is 0.357 e. The van der Waals surface area contributed by atoms with E-state index < -0.39 is 28.5 Å². The van der Waals surface area contributed by atoms with E-state index in [1.165, 1.54) is 23.7 Å². The van der Waals surface area contributed by atoms with Crippen molar-refractivity contribution < 1.29 is 18.0 Å². The van der Waals surface area contributed by atoms with E-state index in [0.29, 0.717) is 5.69 Å². The maximum Gasteiger partial charge on any atom is 0.264 e. The predicted octanol–water partition coefficient (Wildman–Crippen LogP) is 6.06. The van der Waals surface area contributed by atoms with Crippen molar-refractivity contribution in [3.05, 3.63) is 124 Å². The van der Waals surface area contributed by atoms with Crippen molar-refractivity contribution in [2.75, 3.05) is 24.2 Å². The van der Waals surface area contributed by atoms with Crippen molar-refractivity contribution in [1.29, 1.82) is 0 Å². The molecule has 4 aromatic rings. The highest BCUT2D eigenvalue weighted by Crippen LogP contribution is 2.27. The Morgan fingerprint density at radius 1 is 0.860 bits per heavy atom. The Morgan fingerprint density at radius 2 is 1.49 bits per heavy atom. The number of thioether (sulfide) groups is 1. The minimum atomic E-state index is -4.14. The Balaban J connectivity index is 1.77. The summed E-state index contributed by atoms with van der Waals surface area (Å²) < 4.78 is 30.2. The highest BCUT2D eigenvalue weighted by atomic mass is 79.9. The molecule has 0 unspecified atom stereocenters. The number of likely N-dealkylation sites (N-methyl/N-ethyl adjacent to an activating group) is 1. The topological polar surface area (TPSA) is 86.8 Å². The molecule has 0 aliphatic carbocycles. The number of hydrogen-bond donors (Lipinski definition) is 1. The average molecular weight is 681 g/mol. The van der Waals surface area contributed by atoms with E-state index in [2.05, 4.69) is 21.2 Å². The molecule has 0 aromatic heterocycles. The standard InChI is InChI=1S/C33H34BrN3O4S2/c1-24-9-15-28(16-10-24)37(43(40,41)30-19-17-29(42-3)18-20-30)23-32(38)36(22-26-11-13-27(34)14-12-26)31(33(39)35-2)21-25-7-5-4-6-8-25/h4-20,31H,21-23H2,1-3H3,(H,35,39)/t31-/m0/s1. The van der Waals surface area contributed by atoms with Crippen LogP contribution in [0.3, 0.4) is 0 Å². The SMILES string of the molecule is CNC(=O)[C@H](Cc1ccccc1)N(Cc1ccc(Br)cc1)C(=O)CN(c1ccc(C)cc1)S(=O)(=O)c1ccc(SC)cc1. The van der Waals surface area contributed by atoms with Crippen LogP contribution in [0.15, 0.2) is 117 Å². The summed E-state index contributed by atoms with van der Waals surface area (Å²) in [6.45, 7) is 1.53. The number of amides is 2. The van der Waals surface area contributed by atoms with Crippen molar-refractivity contribution in [3.63, 3.8) is 0 Å². The van der Waals surface area contributed by atoms with E-state index in [1.807, 2.05) is 79.9 Å². The molecule has 10 heteroatoms. The Morgan fingerprint density at radius 3 is 2.07 bits per heavy atom. The molecule has 2 amide bonds. The molecule has 0 saturated carbocycles. The first kappa shape index (κ1) is 32.3. The van der Waals surface area contributed by atoms with Crippen molar-refractivity contribution in [3.8, 4) is 0 Å². The van der Waals surface area contributed by atoms with Crippen molar-refractivity contribution in [2.45, 2.75) is 35.7 Å². The van der Waals surface area contributed by atoms with Crippen LogP contribution in [-0.2, 0) is 32.6 Å². The maximum absolute atomic E-state index is 14.3. The maximum atomic E-state index is 14.3. The molecule has 0 fully saturated rings. The van der Waals surface area contributed by atoms with Gasteiger partial charge >= 0.3 is 0 Å². The Bertz CT molecular complexity index is 1630. The van der Waals surface area contributed by atoms with Gasteiger partial charge in [0.2, 0.25) is 11.8 Å². The van der Waals surface area contributed by atoms with Gasteiger partial charge in [0.25, 0.3) is 10.0 Å². The molecule has 224 valence electrons. The van der Waals surface area contributed by atoms with Crippen LogP contribution >= 0.6 is 27.7 Å². The molecule has 0 saturated heterocycles. The first-order valence-corrected chi connectivity index (χ1v) is 17.1. The Labute approximate surface area is 266 Å². The molecule has 1 atom stereocenters. The molecule has 0 aliphatic rings. The summed E-state index contributed by atoms with van der Waals surface area (Å²) in [6.07, 6.45) is 2.18. The third-order valence-corrected chi connectivity index (χ3v) is 10.1. The molecule has 0 heterocycles. The summed E-state index contributed by atoms with van der Waals surface area (Å²) in [5.74, 6) is -0.843. The number of nitrogens with zero attached hydrogens (tertiary/aromatic N) is 2. The van der Waals surface area contributed by atoms with Gasteiger partial charge in [-0.05, 0) is 72.8 Å². The normalized spacial score (nSPS) is 11.9. The van der Waals surface area contributed by atoms with Gasteiger partial charge in [-0.15, -0.1) is 11.8 Å². The number of carbonyl (C=O) groups excluding carboxylic acids is 2. The van der Waals surface area contributed by atoms with Crippen LogP contribution < -0.4 is 9.62 Å². The Kier molecular flexibility index (Phi) is 11.1. The lowest BCUT2D eigenvalue weighted by atomic mass is 10.0. The third-order valence-electron chi connectivity index (χ3n) is 7.03. The zero-order valence-electron chi connectivity index (χ0n) is 24.2. The molecule has 4 aromatic carbocycles. The fraction of sp³-hybridized carbons (Fsp3) is 0.212. The van der Waals surface area contributed by atoms with Gasteiger partial charge in [-0.25, -0.2) is 8.42 Å². The number of rotatable bonds is 12. The molecule has 0 bridgehead atoms. The number of carbonyl (C=O) groups is 2. The molecule has 0 spiro atoms. The minimum Gasteiger partial charge on any atom is -0.357 e. The van der Waals surface area contributed by atoms with Gasteiger partial charge in [0, 0.05) is 29.4 Å². The van der Waals surface area contributed by atoms with Crippen LogP contribution in [0.2, 0.25) is 0 Å². The van der Waals surface area contributed by atoms with E-state index in [-0.39, 0.29) is 23.8 Å². The lowest BCUT2D eigenvalue weighted by molar-refractivity contribution is -0.139. The van der Waals surface area contributed by atoms with Crippen molar-refractivity contribution in [1.82, 2.24) is 10.2 Å². The molecule has 4 rings (SSSR count). The van der Waals surface area contributed by atoms with E-state index in [1.54, 1.807) is 36.4 Å². The molecule has 1 N–H and O–H groups in total. The number of hydrogen-bond acceptors (Lipinski definition) is 5. The second-order valence-corrected chi connectivity index (χ2v) is 13.6. The van der Waals surface area contributed by atoms with E-state index >= 15 is 0 Å². The van der Waals surface area contributed by atoms with Crippen LogP contribution in [0.4, 0.5) is 5.69 Å². The first-order chi connectivity index (χ1) is 20.6. The summed E-state index contributed by atoms with van der Waals surface area (Å²) in [5.41, 5.74) is 2.99. The lowest BCUT2D eigenvalue weighted by Gasteiger charge is -2.33. The average Bonchev–Trinajstić information content (AvgIpc) is 3.03. The first-order valence-electron chi connectivity index (χ1n) is 13.6. The summed E-state index contributed by atoms with van der Waals surface area (Å²) in [5, 5.41) is 2.70. The molecule has 43 heavy (non-hydrogen) atoms. The van der Waals surface area contributed by atoms with Gasteiger partial charge in [0.15, 0.2) is 0 Å². The summed E-state index contributed by atoms with van der Waals surface area (Å²) in [6, 6.07) is 29.6. The van der Waals surface area contributed by atoms with Crippen LogP contribution in [0.25, 0.3) is 0 Å². The third kappa shape index (κ3) is 8.28. The van der Waals surface area contributed by atoms with Gasteiger partial charge in [0.1, 0.15) is 12.6 Å². The fourth-order valence-electron chi connectivity index (χ4n) is 4.62. The number of benzene rings is 4. The van der Waals surface area contributed by atoms with Gasteiger partial charge in [-0.2, -0.15) is 0 Å². The van der Waals surface area contributed by atoms with Gasteiger partial charge in [-0.3, -0.25) is 13.9 Å². The Hall–Kier alpha value is -3.60. The van der Waals surface area contributed by atoms with Gasteiger partial charge in [0.05, 0.1) is 10.6 Å². The van der Waals surface area contributed by atoms with E-state index in [0.717, 1.165) is 30.4 Å². The minimum absolute atomic E-state index is 0.0743. The van der Waals surface area contributed by atoms with Crippen LogP contribution in [0, 0.1) is 6.92 Å². The fourth-order valence-corrected chi connectivity index (χ4v) is 6.71. The zero-order valence-corrected chi connectivity index (χ0v) is 27.5. The van der Waals surface area contributed by atoms with E-state index in [4.69, 9.17) is 0 Å². The molecular weight excluding hydrogens is 646 g/mol. The molecule has 0 radical (unpaired) electrons. The van der Waals surface area contributed by atoms with Crippen LogP contribution in [-0.4, -0.2) is 51.0 Å². The lowest BCUT2D eigenvalue weighted by Crippen LogP contribution is -2.53. The quantitative estimate of drug-likeness (QED) is 0.184. The highest BCUT2D eigenvalue weighted by Gasteiger charge is 2.34. The molecule has 7 nitrogen and oxygen atoms in total. The second-order valence-electron chi connectivity index (χ2n) is 9.99. The summed E-state index contributed by atoms with van der Waals surface area (Å²) in [7, 11) is -2.61. The number of sulfonamides is 1. The van der Waals surface area contributed by atoms with Crippen molar-refractivity contribution in [2.24, 2.45) is 0 Å². The second kappa shape index (κ2) is 14.7. The monoisotopic (exact) mass is 679 g/mol. The molecule has 0 aliphatic heterocycles. The molecular formula is C33H34BrN3O4S2. The summed E-state index contributed by atoms with van der Waals surface area (Å²) >= 11 is 4.95. The highest BCUT2D eigenvalue weighted by molar-refractivity contribution is 9.10. The van der Waals surface area contributed by atoms with Crippen LogP contribution in [0.5, 0.6) is 0 Å². The number of halogens is 1. The number of anilines is 1. The zero-order chi connectivity index (χ0) is 31.0. The predicted molar refractivity (Wildman–Crippen MR) is 177 cm³/mol. The van der Waals surface area contributed by atoms with Gasteiger partial charge < -0.3 is 10.2 Å². The van der Waals surface area contributed by atoms with E-state index in [9.17, 15) is 18.0 Å². The van der Waals surface area contributed by atoms with Gasteiger partial charge in [-0.1, -0.05) is 76.1 Å². The summed E-state index contributed by atoms with van der Waals surface area (Å²) in [4.78, 5) is 30.1. The van der Waals surface area contributed by atoms with Crippen LogP contribution in [0.1, 0.15) is 16.7 Å². The van der Waals surface area contributed by atoms with Crippen molar-refractivity contribution >= 4 is 55.2 Å². The number of nitrogens with one attached hydrogen (secondary N) is 1. The number of aryl methyl sites for hydroxylation is 1. The smallest absolute Gasteiger partial charge is 0.264 e.